The summed E-state index contributed by atoms with van der Waals surface area (Å²) in [7, 11) is 0. The number of nitrogens with one attached hydrogen (secondary N) is 2. The third-order valence-corrected chi connectivity index (χ3v) is 4.75. The molecule has 3 amide bonds. The van der Waals surface area contributed by atoms with Crippen LogP contribution in [-0.4, -0.2) is 83.5 Å². The van der Waals surface area contributed by atoms with Crippen molar-refractivity contribution < 1.29 is 38.9 Å². The Morgan fingerprint density at radius 2 is 1.89 bits per heavy atom. The van der Waals surface area contributed by atoms with Gasteiger partial charge in [-0.15, -0.1) is 0 Å². The molecule has 1 aromatic rings. The first-order valence-electron chi connectivity index (χ1n) is 11.6. The lowest BCUT2D eigenvalue weighted by Crippen LogP contribution is -2.55. The fourth-order valence-electron chi connectivity index (χ4n) is 3.26. The van der Waals surface area contributed by atoms with Gasteiger partial charge in [0.05, 0.1) is 26.2 Å². The van der Waals surface area contributed by atoms with Crippen LogP contribution >= 0.6 is 0 Å². The number of hydrogen-bond donors (Lipinski definition) is 4. The molecule has 0 saturated heterocycles. The summed E-state index contributed by atoms with van der Waals surface area (Å²) >= 11 is 0. The van der Waals surface area contributed by atoms with Crippen LogP contribution in [0.5, 0.6) is 0 Å². The normalized spacial score (nSPS) is 12.6. The van der Waals surface area contributed by atoms with E-state index in [1.54, 1.807) is 58.0 Å². The Kier molecular flexibility index (Phi) is 12.6. The van der Waals surface area contributed by atoms with E-state index in [4.69, 9.17) is 9.47 Å². The van der Waals surface area contributed by atoms with Gasteiger partial charge in [-0.25, -0.2) is 4.79 Å². The van der Waals surface area contributed by atoms with Crippen LogP contribution < -0.4 is 10.6 Å². The molecule has 0 aliphatic carbocycles. The summed E-state index contributed by atoms with van der Waals surface area (Å²) in [5.41, 5.74) is 0.236. The maximum absolute atomic E-state index is 13.4. The number of amides is 3. The van der Waals surface area contributed by atoms with Crippen molar-refractivity contribution >= 4 is 30.0 Å². The predicted octanol–water partition coefficient (Wildman–Crippen LogP) is 1.15. The van der Waals surface area contributed by atoms with Gasteiger partial charge in [-0.2, -0.15) is 0 Å². The van der Waals surface area contributed by atoms with Gasteiger partial charge in [0.1, 0.15) is 17.7 Å². The summed E-state index contributed by atoms with van der Waals surface area (Å²) in [4.78, 5) is 51.6. The minimum absolute atomic E-state index is 0.0456. The van der Waals surface area contributed by atoms with Gasteiger partial charge in [-0.3, -0.25) is 14.4 Å². The summed E-state index contributed by atoms with van der Waals surface area (Å²) in [6.07, 6.45) is 0.563. The van der Waals surface area contributed by atoms with Crippen LogP contribution in [0.15, 0.2) is 30.8 Å². The molecule has 1 aromatic carbocycles. The molecule has 2 atom stereocenters. The van der Waals surface area contributed by atoms with Crippen LogP contribution in [0, 0.1) is 0 Å². The maximum Gasteiger partial charge on any atom is 0.408 e. The number of benzene rings is 1. The molecule has 36 heavy (non-hydrogen) atoms. The standard InChI is InChI=1S/C25H37N3O8/c1-6-17-9-8-10-18(15-17)21(22(32)26-12-11-20(31)35-7-2)28(13-14-29)23(33)19(16-30)27-24(34)36-25(3,4)5/h6,8-10,15,19,21,29-30H,1,7,11-14,16H2,2-5H3,(H,26,32)(H,27,34). The molecule has 200 valence electrons. The van der Waals surface area contributed by atoms with Crippen LogP contribution in [-0.2, 0) is 23.9 Å². The predicted molar refractivity (Wildman–Crippen MR) is 133 cm³/mol. The number of ether oxygens (including phenoxy) is 2. The van der Waals surface area contributed by atoms with Gasteiger partial charge in [0.25, 0.3) is 0 Å². The number of hydrogen-bond acceptors (Lipinski definition) is 8. The van der Waals surface area contributed by atoms with Crippen molar-refractivity contribution in [2.45, 2.75) is 51.8 Å². The lowest BCUT2D eigenvalue weighted by Gasteiger charge is -2.33. The maximum atomic E-state index is 13.4. The van der Waals surface area contributed by atoms with Gasteiger partial charge in [-0.1, -0.05) is 30.9 Å². The van der Waals surface area contributed by atoms with Crippen LogP contribution in [0.2, 0.25) is 0 Å². The van der Waals surface area contributed by atoms with Crippen LogP contribution in [0.3, 0.4) is 0 Å². The van der Waals surface area contributed by atoms with Gasteiger partial charge in [-0.05, 0) is 44.9 Å². The van der Waals surface area contributed by atoms with Crippen LogP contribution in [0.1, 0.15) is 51.3 Å². The molecular formula is C25H37N3O8. The third-order valence-electron chi connectivity index (χ3n) is 4.75. The summed E-state index contributed by atoms with van der Waals surface area (Å²) in [6.45, 7) is 8.92. The molecule has 0 aromatic heterocycles. The molecular weight excluding hydrogens is 470 g/mol. The number of alkyl carbamates (subject to hydrolysis) is 1. The van der Waals surface area contributed by atoms with Gasteiger partial charge in [0, 0.05) is 13.1 Å². The Bertz CT molecular complexity index is 913. The van der Waals surface area contributed by atoms with E-state index in [0.717, 1.165) is 4.90 Å². The Labute approximate surface area is 211 Å². The van der Waals surface area contributed by atoms with Gasteiger partial charge < -0.3 is 35.2 Å². The smallest absolute Gasteiger partial charge is 0.408 e. The number of aliphatic hydroxyl groups is 2. The number of carbonyl (C=O) groups excluding carboxylic acids is 4. The van der Waals surface area contributed by atoms with Crippen molar-refractivity contribution in [1.82, 2.24) is 15.5 Å². The average Bonchev–Trinajstić information content (AvgIpc) is 2.81. The fraction of sp³-hybridized carbons (Fsp3) is 0.520. The highest BCUT2D eigenvalue weighted by atomic mass is 16.6. The minimum atomic E-state index is -1.44. The molecule has 1 rings (SSSR count). The molecule has 11 heteroatoms. The second-order valence-electron chi connectivity index (χ2n) is 8.76. The van der Waals surface area contributed by atoms with E-state index in [9.17, 15) is 29.4 Å². The van der Waals surface area contributed by atoms with Crippen LogP contribution in [0.25, 0.3) is 6.08 Å². The molecule has 0 radical (unpaired) electrons. The number of carbonyl (C=O) groups is 4. The summed E-state index contributed by atoms with van der Waals surface area (Å²) in [5.74, 6) is -1.93. The zero-order chi connectivity index (χ0) is 27.3. The Balaban J connectivity index is 3.29. The highest BCUT2D eigenvalue weighted by Gasteiger charge is 2.36. The number of rotatable bonds is 13. The van der Waals surface area contributed by atoms with Crippen molar-refractivity contribution in [3.63, 3.8) is 0 Å². The Morgan fingerprint density at radius 1 is 1.19 bits per heavy atom. The molecule has 11 nitrogen and oxygen atoms in total. The Morgan fingerprint density at radius 3 is 2.44 bits per heavy atom. The third kappa shape index (κ3) is 10.0. The largest absolute Gasteiger partial charge is 0.466 e. The minimum Gasteiger partial charge on any atom is -0.466 e. The average molecular weight is 508 g/mol. The van der Waals surface area contributed by atoms with E-state index >= 15 is 0 Å². The summed E-state index contributed by atoms with van der Waals surface area (Å²) in [5, 5.41) is 24.4. The van der Waals surface area contributed by atoms with E-state index in [2.05, 4.69) is 17.2 Å². The summed E-state index contributed by atoms with van der Waals surface area (Å²) < 4.78 is 10.0. The van der Waals surface area contributed by atoms with E-state index in [1.807, 2.05) is 0 Å². The molecule has 0 bridgehead atoms. The first-order valence-corrected chi connectivity index (χ1v) is 11.6. The molecule has 0 spiro atoms. The second-order valence-corrected chi connectivity index (χ2v) is 8.76. The fourth-order valence-corrected chi connectivity index (χ4v) is 3.26. The van der Waals surface area contributed by atoms with Crippen molar-refractivity contribution in [2.75, 3.05) is 32.9 Å². The lowest BCUT2D eigenvalue weighted by molar-refractivity contribution is -0.145. The number of aliphatic hydroxyl groups excluding tert-OH is 2. The van der Waals surface area contributed by atoms with Crippen molar-refractivity contribution in [2.24, 2.45) is 0 Å². The first kappa shape index (κ1) is 30.6. The van der Waals surface area contributed by atoms with E-state index in [-0.39, 0.29) is 26.1 Å². The molecule has 0 aliphatic heterocycles. The van der Waals surface area contributed by atoms with E-state index < -0.39 is 54.8 Å². The Hall–Kier alpha value is -3.44. The van der Waals surface area contributed by atoms with Gasteiger partial charge >= 0.3 is 12.1 Å². The van der Waals surface area contributed by atoms with Crippen molar-refractivity contribution in [3.05, 3.63) is 42.0 Å². The van der Waals surface area contributed by atoms with Crippen LogP contribution in [0.4, 0.5) is 4.79 Å². The topological polar surface area (TPSA) is 154 Å². The quantitative estimate of drug-likeness (QED) is 0.290. The first-order chi connectivity index (χ1) is 17.0. The molecule has 0 fully saturated rings. The van der Waals surface area contributed by atoms with Crippen molar-refractivity contribution in [3.8, 4) is 0 Å². The molecule has 0 aliphatic rings. The van der Waals surface area contributed by atoms with Crippen molar-refractivity contribution in [1.29, 1.82) is 0 Å². The monoisotopic (exact) mass is 507 g/mol. The van der Waals surface area contributed by atoms with Gasteiger partial charge in [0.2, 0.25) is 11.8 Å². The highest BCUT2D eigenvalue weighted by molar-refractivity contribution is 5.92. The SMILES string of the molecule is C=Cc1cccc(C(C(=O)NCCC(=O)OCC)N(CCO)C(=O)C(CO)NC(=O)OC(C)(C)C)c1. The second kappa shape index (κ2) is 14.8. The highest BCUT2D eigenvalue weighted by Crippen LogP contribution is 2.24. The van der Waals surface area contributed by atoms with E-state index in [1.165, 1.54) is 0 Å². The van der Waals surface area contributed by atoms with Gasteiger partial charge in [0.15, 0.2) is 0 Å². The molecule has 4 N–H and O–H groups in total. The van der Waals surface area contributed by atoms with E-state index in [0.29, 0.717) is 11.1 Å². The summed E-state index contributed by atoms with van der Waals surface area (Å²) in [6, 6.07) is 4.01. The number of esters is 1. The zero-order valence-electron chi connectivity index (χ0n) is 21.3. The lowest BCUT2D eigenvalue weighted by atomic mass is 10.0. The molecule has 0 saturated carbocycles. The molecule has 2 unspecified atom stereocenters. The number of nitrogens with zero attached hydrogens (tertiary/aromatic N) is 1. The zero-order valence-corrected chi connectivity index (χ0v) is 21.3. The molecule has 0 heterocycles.